The van der Waals surface area contributed by atoms with E-state index in [1.54, 1.807) is 45.4 Å². The maximum Gasteiger partial charge on any atom is 0.416 e. The predicted octanol–water partition coefficient (Wildman–Crippen LogP) is 5.70. The summed E-state index contributed by atoms with van der Waals surface area (Å²) in [5.74, 6) is 1.43. The molecule has 0 fully saturated rings. The Bertz CT molecular complexity index is 1190. The van der Waals surface area contributed by atoms with Gasteiger partial charge in [0.05, 0.1) is 29.5 Å². The standard InChI is InChI=1S/C22H25F3N3O2P/c1-12-15(8-7-9-17(12)22(23,24)25)13(2)26-21-16-10-20(31(5,6)29)19(30-4)11-18(16)27-14(3)28-21/h7-11,13H,1-6H3,(H,26,27,28). The Kier molecular flexibility index (Phi) is 6.07. The van der Waals surface area contributed by atoms with Gasteiger partial charge in [-0.2, -0.15) is 13.2 Å². The van der Waals surface area contributed by atoms with Gasteiger partial charge in [-0.05, 0) is 57.4 Å². The Morgan fingerprint density at radius 1 is 1.13 bits per heavy atom. The maximum atomic E-state index is 13.3. The third-order valence-electron chi connectivity index (χ3n) is 5.19. The largest absolute Gasteiger partial charge is 0.496 e. The van der Waals surface area contributed by atoms with Crippen LogP contribution in [-0.2, 0) is 10.7 Å². The molecule has 0 spiro atoms. The number of anilines is 1. The third kappa shape index (κ3) is 4.69. The van der Waals surface area contributed by atoms with Crippen molar-refractivity contribution in [3.05, 3.63) is 52.8 Å². The summed E-state index contributed by atoms with van der Waals surface area (Å²) in [5.41, 5.74) is 0.619. The monoisotopic (exact) mass is 451 g/mol. The lowest BCUT2D eigenvalue weighted by Crippen LogP contribution is -2.15. The van der Waals surface area contributed by atoms with Crippen molar-refractivity contribution >= 4 is 29.2 Å². The van der Waals surface area contributed by atoms with Crippen molar-refractivity contribution in [2.24, 2.45) is 0 Å². The summed E-state index contributed by atoms with van der Waals surface area (Å²) in [5, 5.41) is 4.41. The Morgan fingerprint density at radius 2 is 1.81 bits per heavy atom. The Morgan fingerprint density at radius 3 is 2.39 bits per heavy atom. The average molecular weight is 451 g/mol. The second-order valence-electron chi connectivity index (χ2n) is 7.90. The molecule has 0 aliphatic carbocycles. The number of methoxy groups -OCH3 is 1. The number of nitrogens with zero attached hydrogens (tertiary/aromatic N) is 2. The minimum Gasteiger partial charge on any atom is -0.496 e. The fourth-order valence-electron chi connectivity index (χ4n) is 3.67. The lowest BCUT2D eigenvalue weighted by molar-refractivity contribution is -0.138. The zero-order chi connectivity index (χ0) is 23.1. The van der Waals surface area contributed by atoms with Gasteiger partial charge in [0.2, 0.25) is 0 Å². The molecule has 0 radical (unpaired) electrons. The van der Waals surface area contributed by atoms with E-state index < -0.39 is 24.9 Å². The third-order valence-corrected chi connectivity index (χ3v) is 6.70. The van der Waals surface area contributed by atoms with Crippen LogP contribution in [0.1, 0.15) is 35.5 Å². The summed E-state index contributed by atoms with van der Waals surface area (Å²) < 4.78 is 58.2. The van der Waals surface area contributed by atoms with Gasteiger partial charge >= 0.3 is 6.18 Å². The summed E-state index contributed by atoms with van der Waals surface area (Å²) in [4.78, 5) is 8.91. The molecule has 31 heavy (non-hydrogen) atoms. The molecular formula is C22H25F3N3O2P. The van der Waals surface area contributed by atoms with E-state index in [2.05, 4.69) is 15.3 Å². The number of nitrogens with one attached hydrogen (secondary N) is 1. The first-order valence-electron chi connectivity index (χ1n) is 9.68. The summed E-state index contributed by atoms with van der Waals surface area (Å²) >= 11 is 0. The van der Waals surface area contributed by atoms with Crippen LogP contribution in [0.3, 0.4) is 0 Å². The van der Waals surface area contributed by atoms with Crippen molar-refractivity contribution in [3.63, 3.8) is 0 Å². The zero-order valence-corrected chi connectivity index (χ0v) is 19.2. The maximum absolute atomic E-state index is 13.3. The molecule has 2 aromatic carbocycles. The minimum atomic E-state index is -4.42. The molecule has 166 valence electrons. The molecule has 1 aromatic heterocycles. The van der Waals surface area contributed by atoms with Gasteiger partial charge < -0.3 is 14.6 Å². The number of aryl methyl sites for hydroxylation is 1. The van der Waals surface area contributed by atoms with E-state index in [4.69, 9.17) is 4.74 Å². The molecule has 1 N–H and O–H groups in total. The van der Waals surface area contributed by atoms with Crippen LogP contribution in [0.4, 0.5) is 19.0 Å². The number of ether oxygens (including phenoxy) is 1. The van der Waals surface area contributed by atoms with Crippen molar-refractivity contribution in [2.75, 3.05) is 25.8 Å². The number of hydrogen-bond donors (Lipinski definition) is 1. The van der Waals surface area contributed by atoms with Gasteiger partial charge in [-0.3, -0.25) is 0 Å². The molecule has 0 aliphatic rings. The van der Waals surface area contributed by atoms with Gasteiger partial charge in [0.15, 0.2) is 0 Å². The molecule has 9 heteroatoms. The summed E-state index contributed by atoms with van der Waals surface area (Å²) in [6.45, 7) is 8.27. The normalized spacial score (nSPS) is 13.3. The molecule has 1 atom stereocenters. The molecular weight excluding hydrogens is 426 g/mol. The van der Waals surface area contributed by atoms with Crippen molar-refractivity contribution in [1.29, 1.82) is 0 Å². The molecule has 0 amide bonds. The number of benzene rings is 2. The second-order valence-corrected chi connectivity index (χ2v) is 11.1. The van der Waals surface area contributed by atoms with Gasteiger partial charge in [0.25, 0.3) is 0 Å². The first kappa shape index (κ1) is 23.1. The highest BCUT2D eigenvalue weighted by molar-refractivity contribution is 7.70. The van der Waals surface area contributed by atoms with Crippen molar-refractivity contribution in [2.45, 2.75) is 33.0 Å². The van der Waals surface area contributed by atoms with Crippen LogP contribution in [0.5, 0.6) is 5.75 Å². The summed E-state index contributed by atoms with van der Waals surface area (Å²) in [6, 6.07) is 7.14. The van der Waals surface area contributed by atoms with E-state index in [0.717, 1.165) is 6.07 Å². The molecule has 0 aliphatic heterocycles. The van der Waals surface area contributed by atoms with Gasteiger partial charge in [0.1, 0.15) is 24.5 Å². The van der Waals surface area contributed by atoms with Crippen LogP contribution < -0.4 is 15.4 Å². The van der Waals surface area contributed by atoms with Crippen LogP contribution in [0.25, 0.3) is 10.9 Å². The first-order chi connectivity index (χ1) is 14.3. The molecule has 0 saturated heterocycles. The quantitative estimate of drug-likeness (QED) is 0.505. The lowest BCUT2D eigenvalue weighted by Gasteiger charge is -2.22. The highest BCUT2D eigenvalue weighted by Crippen LogP contribution is 2.41. The van der Waals surface area contributed by atoms with E-state index in [9.17, 15) is 17.7 Å². The highest BCUT2D eigenvalue weighted by atomic mass is 31.2. The van der Waals surface area contributed by atoms with Gasteiger partial charge in [0, 0.05) is 11.5 Å². The average Bonchev–Trinajstić information content (AvgIpc) is 2.65. The number of rotatable bonds is 5. The van der Waals surface area contributed by atoms with E-state index >= 15 is 0 Å². The number of alkyl halides is 3. The first-order valence-corrected chi connectivity index (χ1v) is 12.3. The topological polar surface area (TPSA) is 64.1 Å². The number of aromatic nitrogens is 2. The fourth-order valence-corrected chi connectivity index (χ4v) is 4.79. The molecule has 3 rings (SSSR count). The fraction of sp³-hybridized carbons (Fsp3) is 0.364. The van der Waals surface area contributed by atoms with Crippen LogP contribution in [0.15, 0.2) is 30.3 Å². The molecule has 1 unspecified atom stereocenters. The molecule has 5 nitrogen and oxygen atoms in total. The number of halogens is 3. The molecule has 1 heterocycles. The van der Waals surface area contributed by atoms with E-state index in [-0.39, 0.29) is 5.56 Å². The highest BCUT2D eigenvalue weighted by Gasteiger charge is 2.33. The molecule has 3 aromatic rings. The Labute approximate surface area is 179 Å². The van der Waals surface area contributed by atoms with E-state index in [1.165, 1.54) is 20.1 Å². The van der Waals surface area contributed by atoms with Crippen LogP contribution in [-0.4, -0.2) is 30.4 Å². The van der Waals surface area contributed by atoms with Gasteiger partial charge in [-0.15, -0.1) is 0 Å². The summed E-state index contributed by atoms with van der Waals surface area (Å²) in [7, 11) is -1.16. The molecule has 0 saturated carbocycles. The number of fused-ring (bicyclic) bond motifs is 1. The van der Waals surface area contributed by atoms with Crippen molar-refractivity contribution in [3.8, 4) is 5.75 Å². The van der Waals surface area contributed by atoms with Gasteiger partial charge in [-0.1, -0.05) is 12.1 Å². The van der Waals surface area contributed by atoms with E-state index in [0.29, 0.717) is 39.2 Å². The Balaban J connectivity index is 2.13. The van der Waals surface area contributed by atoms with Crippen LogP contribution >= 0.6 is 7.14 Å². The summed E-state index contributed by atoms with van der Waals surface area (Å²) in [6.07, 6.45) is -4.42. The smallest absolute Gasteiger partial charge is 0.416 e. The van der Waals surface area contributed by atoms with Gasteiger partial charge in [-0.25, -0.2) is 9.97 Å². The Hall–Kier alpha value is -2.60. The van der Waals surface area contributed by atoms with Crippen LogP contribution in [0, 0.1) is 13.8 Å². The van der Waals surface area contributed by atoms with E-state index in [1.807, 2.05) is 0 Å². The minimum absolute atomic E-state index is 0.166. The SMILES string of the molecule is COc1cc2nc(C)nc(NC(C)c3cccc(C(F)(F)F)c3C)c2cc1P(C)(C)=O. The second kappa shape index (κ2) is 8.15. The predicted molar refractivity (Wildman–Crippen MR) is 118 cm³/mol. The van der Waals surface area contributed by atoms with Crippen LogP contribution in [0.2, 0.25) is 0 Å². The van der Waals surface area contributed by atoms with Crippen molar-refractivity contribution < 1.29 is 22.5 Å². The number of hydrogen-bond acceptors (Lipinski definition) is 5. The molecule has 0 bridgehead atoms. The van der Waals surface area contributed by atoms with Crippen molar-refractivity contribution in [1.82, 2.24) is 9.97 Å². The lowest BCUT2D eigenvalue weighted by atomic mass is 9.97. The zero-order valence-electron chi connectivity index (χ0n) is 18.3.